The van der Waals surface area contributed by atoms with E-state index >= 15 is 0 Å². The summed E-state index contributed by atoms with van der Waals surface area (Å²) in [7, 11) is 0. The van der Waals surface area contributed by atoms with Crippen LogP contribution in [0.1, 0.15) is 27.2 Å². The fourth-order valence-corrected chi connectivity index (χ4v) is 1.80. The molecule has 0 heterocycles. The number of anilines is 1. The van der Waals surface area contributed by atoms with Gasteiger partial charge in [-0.15, -0.1) is 0 Å². The van der Waals surface area contributed by atoms with Crippen molar-refractivity contribution in [3.8, 4) is 5.75 Å². The van der Waals surface area contributed by atoms with Crippen molar-refractivity contribution in [2.45, 2.75) is 33.2 Å². The third-order valence-electron chi connectivity index (χ3n) is 3.27. The molecule has 4 heteroatoms. The van der Waals surface area contributed by atoms with Gasteiger partial charge in [0.25, 0.3) is 0 Å². The third kappa shape index (κ3) is 3.23. The predicted octanol–water partition coefficient (Wildman–Crippen LogP) is 2.12. The summed E-state index contributed by atoms with van der Waals surface area (Å²) in [5.74, 6) is 0.192. The average molecular weight is 250 g/mol. The standard InChI is InChI=1S/C14H22N2O2/c1-4-10(3)13(15)14(18)16(5-2)11-7-6-8-12(17)9-11/h6-10,13,17H,4-5,15H2,1-3H3/t10-,13-/m0/s1. The van der Waals surface area contributed by atoms with Gasteiger partial charge in [-0.1, -0.05) is 26.3 Å². The minimum absolute atomic E-state index is 0.0996. The number of hydrogen-bond donors (Lipinski definition) is 2. The van der Waals surface area contributed by atoms with Crippen molar-refractivity contribution in [2.24, 2.45) is 11.7 Å². The van der Waals surface area contributed by atoms with Crippen LogP contribution in [0.4, 0.5) is 5.69 Å². The summed E-state index contributed by atoms with van der Waals surface area (Å²) in [5, 5.41) is 9.46. The highest BCUT2D eigenvalue weighted by molar-refractivity contribution is 5.97. The molecule has 0 spiro atoms. The number of nitrogens with zero attached hydrogens (tertiary/aromatic N) is 1. The zero-order valence-electron chi connectivity index (χ0n) is 11.3. The van der Waals surface area contributed by atoms with Crippen LogP contribution < -0.4 is 10.6 Å². The van der Waals surface area contributed by atoms with E-state index in [0.717, 1.165) is 6.42 Å². The molecular formula is C14H22N2O2. The van der Waals surface area contributed by atoms with Gasteiger partial charge in [0.2, 0.25) is 5.91 Å². The summed E-state index contributed by atoms with van der Waals surface area (Å²) >= 11 is 0. The Morgan fingerprint density at radius 2 is 2.11 bits per heavy atom. The summed E-state index contributed by atoms with van der Waals surface area (Å²) in [6, 6.07) is 6.17. The van der Waals surface area contributed by atoms with Crippen molar-refractivity contribution in [1.82, 2.24) is 0 Å². The molecule has 1 rings (SSSR count). The second-order valence-corrected chi connectivity index (χ2v) is 4.51. The first-order chi connectivity index (χ1) is 8.51. The lowest BCUT2D eigenvalue weighted by Crippen LogP contribution is -2.47. The highest BCUT2D eigenvalue weighted by Crippen LogP contribution is 2.21. The molecule has 0 bridgehead atoms. The number of nitrogens with two attached hydrogens (primary N) is 1. The van der Waals surface area contributed by atoms with Gasteiger partial charge >= 0.3 is 0 Å². The summed E-state index contributed by atoms with van der Waals surface area (Å²) in [6.07, 6.45) is 0.866. The van der Waals surface area contributed by atoms with Crippen LogP contribution in [-0.2, 0) is 4.79 Å². The van der Waals surface area contributed by atoms with E-state index in [0.29, 0.717) is 12.2 Å². The molecule has 0 aliphatic carbocycles. The largest absolute Gasteiger partial charge is 0.508 e. The van der Waals surface area contributed by atoms with Crippen LogP contribution in [-0.4, -0.2) is 23.6 Å². The molecule has 18 heavy (non-hydrogen) atoms. The number of rotatable bonds is 5. The number of carbonyl (C=O) groups excluding carboxylic acids is 1. The first-order valence-electron chi connectivity index (χ1n) is 6.37. The number of carbonyl (C=O) groups is 1. The monoisotopic (exact) mass is 250 g/mol. The molecule has 1 aromatic rings. The van der Waals surface area contributed by atoms with Crippen LogP contribution >= 0.6 is 0 Å². The highest BCUT2D eigenvalue weighted by Gasteiger charge is 2.25. The molecule has 3 N–H and O–H groups in total. The maximum absolute atomic E-state index is 12.3. The molecule has 1 aromatic carbocycles. The summed E-state index contributed by atoms with van der Waals surface area (Å²) in [6.45, 7) is 6.42. The Hall–Kier alpha value is -1.55. The van der Waals surface area contributed by atoms with Gasteiger partial charge in [-0.3, -0.25) is 4.79 Å². The second kappa shape index (κ2) is 6.40. The number of hydrogen-bond acceptors (Lipinski definition) is 3. The van der Waals surface area contributed by atoms with Gasteiger partial charge in [-0.2, -0.15) is 0 Å². The van der Waals surface area contributed by atoms with E-state index in [1.807, 2.05) is 20.8 Å². The molecule has 0 unspecified atom stereocenters. The van der Waals surface area contributed by atoms with Crippen molar-refractivity contribution in [3.63, 3.8) is 0 Å². The first-order valence-corrected chi connectivity index (χ1v) is 6.37. The molecule has 0 aliphatic heterocycles. The first kappa shape index (κ1) is 14.5. The lowest BCUT2D eigenvalue weighted by molar-refractivity contribution is -0.120. The zero-order chi connectivity index (χ0) is 13.7. The van der Waals surface area contributed by atoms with Crippen molar-refractivity contribution < 1.29 is 9.90 Å². The van der Waals surface area contributed by atoms with E-state index in [4.69, 9.17) is 5.73 Å². The summed E-state index contributed by atoms with van der Waals surface area (Å²) < 4.78 is 0. The van der Waals surface area contributed by atoms with Gasteiger partial charge in [0.1, 0.15) is 5.75 Å². The van der Waals surface area contributed by atoms with Gasteiger partial charge in [-0.05, 0) is 25.0 Å². The SMILES string of the molecule is CC[C@H](C)[C@H](N)C(=O)N(CC)c1cccc(O)c1. The van der Waals surface area contributed by atoms with Crippen LogP contribution in [0.25, 0.3) is 0 Å². The Kier molecular flexibility index (Phi) is 5.16. The molecule has 0 saturated carbocycles. The van der Waals surface area contributed by atoms with Crippen LogP contribution in [0.3, 0.4) is 0 Å². The second-order valence-electron chi connectivity index (χ2n) is 4.51. The molecule has 0 radical (unpaired) electrons. The molecule has 1 amide bonds. The zero-order valence-corrected chi connectivity index (χ0v) is 11.3. The molecule has 2 atom stereocenters. The summed E-state index contributed by atoms with van der Waals surface area (Å²) in [4.78, 5) is 13.9. The Bertz CT molecular complexity index is 407. The van der Waals surface area contributed by atoms with E-state index in [1.165, 1.54) is 0 Å². The van der Waals surface area contributed by atoms with Gasteiger partial charge in [0.05, 0.1) is 6.04 Å². The van der Waals surface area contributed by atoms with Crippen LogP contribution in [0, 0.1) is 5.92 Å². The lowest BCUT2D eigenvalue weighted by atomic mass is 9.98. The Morgan fingerprint density at radius 3 is 2.61 bits per heavy atom. The number of phenolic OH excluding ortho intramolecular Hbond substituents is 1. The molecule has 0 aromatic heterocycles. The van der Waals surface area contributed by atoms with Gasteiger partial charge in [-0.25, -0.2) is 0 Å². The van der Waals surface area contributed by atoms with E-state index in [2.05, 4.69) is 0 Å². The van der Waals surface area contributed by atoms with E-state index in [1.54, 1.807) is 29.2 Å². The topological polar surface area (TPSA) is 66.6 Å². The summed E-state index contributed by atoms with van der Waals surface area (Å²) in [5.41, 5.74) is 6.65. The number of aromatic hydroxyl groups is 1. The number of amides is 1. The molecule has 0 saturated heterocycles. The molecule has 4 nitrogen and oxygen atoms in total. The smallest absolute Gasteiger partial charge is 0.244 e. The van der Waals surface area contributed by atoms with Gasteiger partial charge in [0.15, 0.2) is 0 Å². The number of phenols is 1. The third-order valence-corrected chi connectivity index (χ3v) is 3.27. The minimum atomic E-state index is -0.503. The van der Waals surface area contributed by atoms with Crippen molar-refractivity contribution in [2.75, 3.05) is 11.4 Å². The maximum atomic E-state index is 12.3. The van der Waals surface area contributed by atoms with E-state index in [9.17, 15) is 9.90 Å². The van der Waals surface area contributed by atoms with Crippen LogP contribution in [0.15, 0.2) is 24.3 Å². The highest BCUT2D eigenvalue weighted by atomic mass is 16.3. The van der Waals surface area contributed by atoms with Crippen LogP contribution in [0.2, 0.25) is 0 Å². The maximum Gasteiger partial charge on any atom is 0.244 e. The number of likely N-dealkylation sites (N-methyl/N-ethyl adjacent to an activating group) is 1. The average Bonchev–Trinajstić information content (AvgIpc) is 2.37. The minimum Gasteiger partial charge on any atom is -0.508 e. The number of benzene rings is 1. The van der Waals surface area contributed by atoms with Crippen molar-refractivity contribution in [3.05, 3.63) is 24.3 Å². The molecule has 0 aliphatic rings. The fourth-order valence-electron chi connectivity index (χ4n) is 1.80. The fraction of sp³-hybridized carbons (Fsp3) is 0.500. The Balaban J connectivity index is 2.93. The van der Waals surface area contributed by atoms with Crippen molar-refractivity contribution in [1.29, 1.82) is 0 Å². The van der Waals surface area contributed by atoms with Crippen LogP contribution in [0.5, 0.6) is 5.75 Å². The molecule has 100 valence electrons. The molecular weight excluding hydrogens is 228 g/mol. The van der Waals surface area contributed by atoms with E-state index < -0.39 is 6.04 Å². The quantitative estimate of drug-likeness (QED) is 0.841. The normalized spacial score (nSPS) is 14.0. The van der Waals surface area contributed by atoms with E-state index in [-0.39, 0.29) is 17.6 Å². The predicted molar refractivity (Wildman–Crippen MR) is 73.6 cm³/mol. The Labute approximate surface area is 108 Å². The lowest BCUT2D eigenvalue weighted by Gasteiger charge is -2.27. The van der Waals surface area contributed by atoms with Gasteiger partial charge < -0.3 is 15.7 Å². The Morgan fingerprint density at radius 1 is 1.44 bits per heavy atom. The van der Waals surface area contributed by atoms with Crippen molar-refractivity contribution >= 4 is 11.6 Å². The van der Waals surface area contributed by atoms with Gasteiger partial charge in [0, 0.05) is 18.3 Å². The molecule has 0 fully saturated rings.